The molecule has 2 atom stereocenters. The highest BCUT2D eigenvalue weighted by atomic mass is 15.0. The van der Waals surface area contributed by atoms with Gasteiger partial charge in [-0.25, -0.2) is 0 Å². The quantitative estimate of drug-likeness (QED) is 0.870. The average Bonchev–Trinajstić information content (AvgIpc) is 3.33. The highest BCUT2D eigenvalue weighted by Crippen LogP contribution is 2.54. The van der Waals surface area contributed by atoms with Crippen LogP contribution in [0.3, 0.4) is 0 Å². The summed E-state index contributed by atoms with van der Waals surface area (Å²) in [6.07, 6.45) is 4.11. The van der Waals surface area contributed by atoms with Crippen LogP contribution in [-0.2, 0) is 5.41 Å². The summed E-state index contributed by atoms with van der Waals surface area (Å²) in [4.78, 5) is 0. The molecule has 1 heteroatoms. The maximum Gasteiger partial charge on any atom is 0.00683 e. The monoisotopic (exact) mass is 251 g/mol. The minimum absolute atomic E-state index is 0.409. The Morgan fingerprint density at radius 3 is 2.68 bits per heavy atom. The fraction of sp³-hybridized carbons (Fsp3) is 0.444. The Morgan fingerprint density at radius 1 is 1.11 bits per heavy atom. The largest absolute Gasteiger partial charge is 0.314 e. The molecule has 2 aromatic rings. The smallest absolute Gasteiger partial charge is 0.00683 e. The van der Waals surface area contributed by atoms with E-state index in [1.54, 1.807) is 0 Å². The summed E-state index contributed by atoms with van der Waals surface area (Å²) in [5, 5.41) is 6.41. The number of fused-ring (bicyclic) bond motifs is 1. The summed E-state index contributed by atoms with van der Waals surface area (Å²) >= 11 is 0. The first kappa shape index (κ1) is 11.5. The van der Waals surface area contributed by atoms with E-state index in [-0.39, 0.29) is 0 Å². The standard InChI is InChI=1S/C18H21N/c1-18(11-16(18)12-19-17-8-9-17)15-7-6-13-4-2-3-5-14(13)10-15/h2-7,10,16-17,19H,8-9,11-12H2,1H3. The third-order valence-electron chi connectivity index (χ3n) is 5.05. The highest BCUT2D eigenvalue weighted by Gasteiger charge is 2.50. The average molecular weight is 251 g/mol. The second-order valence-corrected chi connectivity index (χ2v) is 6.56. The predicted octanol–water partition coefficient (Wildman–Crippen LogP) is 3.87. The van der Waals surface area contributed by atoms with Gasteiger partial charge in [0.1, 0.15) is 0 Å². The van der Waals surface area contributed by atoms with Crippen molar-refractivity contribution in [1.29, 1.82) is 0 Å². The summed E-state index contributed by atoms with van der Waals surface area (Å²) in [6, 6.07) is 16.5. The number of hydrogen-bond acceptors (Lipinski definition) is 1. The van der Waals surface area contributed by atoms with E-state index in [1.807, 2.05) is 0 Å². The predicted molar refractivity (Wildman–Crippen MR) is 80.4 cm³/mol. The van der Waals surface area contributed by atoms with Crippen LogP contribution >= 0.6 is 0 Å². The Bertz CT molecular complexity index is 614. The molecule has 2 aliphatic carbocycles. The van der Waals surface area contributed by atoms with Crippen LogP contribution in [0, 0.1) is 5.92 Å². The Labute approximate surface area is 115 Å². The topological polar surface area (TPSA) is 12.0 Å². The fourth-order valence-corrected chi connectivity index (χ4v) is 3.24. The van der Waals surface area contributed by atoms with Gasteiger partial charge in [0.15, 0.2) is 0 Å². The van der Waals surface area contributed by atoms with E-state index in [1.165, 1.54) is 42.1 Å². The number of hydrogen-bond donors (Lipinski definition) is 1. The van der Waals surface area contributed by atoms with Gasteiger partial charge in [-0.3, -0.25) is 0 Å². The van der Waals surface area contributed by atoms with Crippen LogP contribution in [-0.4, -0.2) is 12.6 Å². The molecule has 0 spiro atoms. The van der Waals surface area contributed by atoms with Crippen molar-refractivity contribution in [3.8, 4) is 0 Å². The molecular formula is C18H21N. The molecule has 2 saturated carbocycles. The van der Waals surface area contributed by atoms with Gasteiger partial charge >= 0.3 is 0 Å². The molecular weight excluding hydrogens is 230 g/mol. The lowest BCUT2D eigenvalue weighted by atomic mass is 9.93. The van der Waals surface area contributed by atoms with Gasteiger partial charge in [-0.05, 0) is 53.5 Å². The first-order chi connectivity index (χ1) is 9.25. The molecule has 2 aliphatic rings. The van der Waals surface area contributed by atoms with E-state index in [9.17, 15) is 0 Å². The second-order valence-electron chi connectivity index (χ2n) is 6.56. The van der Waals surface area contributed by atoms with Gasteiger partial charge < -0.3 is 5.32 Å². The molecule has 98 valence electrons. The summed E-state index contributed by atoms with van der Waals surface area (Å²) in [7, 11) is 0. The van der Waals surface area contributed by atoms with Gasteiger partial charge in [-0.2, -0.15) is 0 Å². The van der Waals surface area contributed by atoms with E-state index >= 15 is 0 Å². The first-order valence-electron chi connectivity index (χ1n) is 7.48. The molecule has 0 amide bonds. The summed E-state index contributed by atoms with van der Waals surface area (Å²) in [6.45, 7) is 3.63. The van der Waals surface area contributed by atoms with Gasteiger partial charge in [-0.15, -0.1) is 0 Å². The maximum atomic E-state index is 3.68. The van der Waals surface area contributed by atoms with Crippen molar-refractivity contribution in [2.45, 2.75) is 37.6 Å². The normalized spacial score (nSPS) is 29.6. The molecule has 2 unspecified atom stereocenters. The van der Waals surface area contributed by atoms with Gasteiger partial charge in [0, 0.05) is 6.04 Å². The number of rotatable bonds is 4. The van der Waals surface area contributed by atoms with Crippen LogP contribution in [0.15, 0.2) is 42.5 Å². The minimum atomic E-state index is 0.409. The van der Waals surface area contributed by atoms with E-state index < -0.39 is 0 Å². The Kier molecular flexibility index (Phi) is 2.46. The molecule has 0 aliphatic heterocycles. The lowest BCUT2D eigenvalue weighted by Crippen LogP contribution is -2.22. The highest BCUT2D eigenvalue weighted by molar-refractivity contribution is 5.83. The van der Waals surface area contributed by atoms with E-state index in [0.29, 0.717) is 5.41 Å². The summed E-state index contributed by atoms with van der Waals surface area (Å²) < 4.78 is 0. The molecule has 0 saturated heterocycles. The van der Waals surface area contributed by atoms with Crippen molar-refractivity contribution in [2.75, 3.05) is 6.54 Å². The lowest BCUT2D eigenvalue weighted by Gasteiger charge is -2.13. The molecule has 0 bridgehead atoms. The van der Waals surface area contributed by atoms with E-state index in [4.69, 9.17) is 0 Å². The van der Waals surface area contributed by atoms with E-state index in [2.05, 4.69) is 54.7 Å². The summed E-state index contributed by atoms with van der Waals surface area (Å²) in [5.74, 6) is 0.828. The molecule has 2 aromatic carbocycles. The van der Waals surface area contributed by atoms with Crippen molar-refractivity contribution in [1.82, 2.24) is 5.32 Å². The SMILES string of the molecule is CC1(c2ccc3ccccc3c2)CC1CNC1CC1. The molecule has 0 radical (unpaired) electrons. The van der Waals surface area contributed by atoms with Crippen LogP contribution in [0.2, 0.25) is 0 Å². The summed E-state index contributed by atoms with van der Waals surface area (Å²) in [5.41, 5.74) is 1.93. The molecule has 4 rings (SSSR count). The van der Waals surface area contributed by atoms with Gasteiger partial charge in [0.25, 0.3) is 0 Å². The molecule has 19 heavy (non-hydrogen) atoms. The van der Waals surface area contributed by atoms with Crippen molar-refractivity contribution in [2.24, 2.45) is 5.92 Å². The fourth-order valence-electron chi connectivity index (χ4n) is 3.24. The Balaban J connectivity index is 1.56. The molecule has 0 heterocycles. The van der Waals surface area contributed by atoms with Crippen LogP contribution in [0.4, 0.5) is 0 Å². The van der Waals surface area contributed by atoms with E-state index in [0.717, 1.165) is 12.0 Å². The van der Waals surface area contributed by atoms with Crippen molar-refractivity contribution in [3.05, 3.63) is 48.0 Å². The lowest BCUT2D eigenvalue weighted by molar-refractivity contribution is 0.576. The van der Waals surface area contributed by atoms with Crippen molar-refractivity contribution < 1.29 is 0 Å². The van der Waals surface area contributed by atoms with Gasteiger partial charge in [-0.1, -0.05) is 49.4 Å². The Morgan fingerprint density at radius 2 is 1.89 bits per heavy atom. The maximum absolute atomic E-state index is 3.68. The van der Waals surface area contributed by atoms with Crippen LogP contribution in [0.1, 0.15) is 31.7 Å². The molecule has 0 aromatic heterocycles. The van der Waals surface area contributed by atoms with Crippen molar-refractivity contribution in [3.63, 3.8) is 0 Å². The Hall–Kier alpha value is -1.34. The minimum Gasteiger partial charge on any atom is -0.314 e. The third kappa shape index (κ3) is 2.06. The van der Waals surface area contributed by atoms with Crippen LogP contribution in [0.25, 0.3) is 10.8 Å². The van der Waals surface area contributed by atoms with Gasteiger partial charge in [0.05, 0.1) is 0 Å². The first-order valence-corrected chi connectivity index (χ1v) is 7.48. The zero-order valence-electron chi connectivity index (χ0n) is 11.5. The van der Waals surface area contributed by atoms with Crippen LogP contribution < -0.4 is 5.32 Å². The molecule has 1 nitrogen and oxygen atoms in total. The van der Waals surface area contributed by atoms with Gasteiger partial charge in [0.2, 0.25) is 0 Å². The van der Waals surface area contributed by atoms with Crippen molar-refractivity contribution >= 4 is 10.8 Å². The zero-order valence-corrected chi connectivity index (χ0v) is 11.5. The number of benzene rings is 2. The third-order valence-corrected chi connectivity index (χ3v) is 5.05. The van der Waals surface area contributed by atoms with Crippen LogP contribution in [0.5, 0.6) is 0 Å². The second kappa shape index (κ2) is 4.08. The number of nitrogens with one attached hydrogen (secondary N) is 1. The molecule has 2 fully saturated rings. The zero-order chi connectivity index (χ0) is 12.9. The molecule has 1 N–H and O–H groups in total.